The Kier molecular flexibility index (Phi) is 2.47. The highest BCUT2D eigenvalue weighted by Crippen LogP contribution is 2.59. The molecule has 0 spiro atoms. The third-order valence-electron chi connectivity index (χ3n) is 5.51. The third kappa shape index (κ3) is 1.54. The highest BCUT2D eigenvalue weighted by molar-refractivity contribution is 5.20. The maximum atomic E-state index is 5.65. The second-order valence-electron chi connectivity index (χ2n) is 6.59. The van der Waals surface area contributed by atoms with E-state index in [9.17, 15) is 0 Å². The molecule has 0 aliphatic heterocycles. The van der Waals surface area contributed by atoms with Crippen LogP contribution in [-0.2, 0) is 6.42 Å². The molecule has 98 valence electrons. The topological polar surface area (TPSA) is 64.9 Å². The van der Waals surface area contributed by atoms with Gasteiger partial charge in [-0.1, -0.05) is 10.3 Å². The molecule has 4 nitrogen and oxygen atoms in total. The predicted molar refractivity (Wildman–Crippen MR) is 66.8 cm³/mol. The van der Waals surface area contributed by atoms with Gasteiger partial charge in [0, 0.05) is 12.3 Å². The van der Waals surface area contributed by atoms with Gasteiger partial charge in [-0.3, -0.25) is 0 Å². The molecule has 0 radical (unpaired) electrons. The first-order valence-corrected chi connectivity index (χ1v) is 7.36. The first-order valence-electron chi connectivity index (χ1n) is 7.36. The summed E-state index contributed by atoms with van der Waals surface area (Å²) in [5.74, 6) is 4.29. The van der Waals surface area contributed by atoms with Gasteiger partial charge in [-0.15, -0.1) is 0 Å². The molecule has 0 aromatic carbocycles. The molecule has 0 atom stereocenters. The van der Waals surface area contributed by atoms with Crippen molar-refractivity contribution in [3.05, 3.63) is 11.4 Å². The quantitative estimate of drug-likeness (QED) is 0.888. The molecule has 4 aliphatic carbocycles. The molecule has 0 unspecified atom stereocenters. The van der Waals surface area contributed by atoms with Crippen LogP contribution in [0.2, 0.25) is 0 Å². The van der Waals surface area contributed by atoms with Crippen molar-refractivity contribution in [3.8, 4) is 0 Å². The van der Waals surface area contributed by atoms with Crippen molar-refractivity contribution >= 4 is 0 Å². The van der Waals surface area contributed by atoms with Gasteiger partial charge in [0.05, 0.1) is 0 Å². The minimum absolute atomic E-state index is 0.616. The molecule has 0 saturated heterocycles. The van der Waals surface area contributed by atoms with Crippen LogP contribution in [0.4, 0.5) is 0 Å². The normalized spacial score (nSPS) is 41.5. The fourth-order valence-electron chi connectivity index (χ4n) is 5.15. The number of hydrogen-bond acceptors (Lipinski definition) is 4. The summed E-state index contributed by atoms with van der Waals surface area (Å²) in [6, 6.07) is 0. The zero-order chi connectivity index (χ0) is 12.1. The summed E-state index contributed by atoms with van der Waals surface area (Å²) in [6.07, 6.45) is 7.94. The number of nitrogens with two attached hydrogens (primary N) is 1. The van der Waals surface area contributed by atoms with E-state index in [0.717, 1.165) is 41.5 Å². The van der Waals surface area contributed by atoms with Crippen LogP contribution in [0.15, 0.2) is 4.63 Å². The lowest BCUT2D eigenvalue weighted by atomic mass is 9.51. The molecule has 4 heteroatoms. The zero-order valence-electron chi connectivity index (χ0n) is 10.7. The number of nitrogens with zero attached hydrogens (tertiary/aromatic N) is 2. The van der Waals surface area contributed by atoms with Gasteiger partial charge in [0.2, 0.25) is 0 Å². The van der Waals surface area contributed by atoms with Crippen LogP contribution in [-0.4, -0.2) is 16.9 Å². The van der Waals surface area contributed by atoms with Gasteiger partial charge in [0.25, 0.3) is 0 Å². The molecule has 4 bridgehead atoms. The molecular formula is C14H21N3O. The summed E-state index contributed by atoms with van der Waals surface area (Å²) in [7, 11) is 0. The van der Waals surface area contributed by atoms with E-state index in [1.54, 1.807) is 0 Å². The van der Waals surface area contributed by atoms with Crippen LogP contribution in [0.3, 0.4) is 0 Å². The van der Waals surface area contributed by atoms with Crippen LogP contribution in [0.1, 0.15) is 49.4 Å². The molecule has 4 saturated carbocycles. The van der Waals surface area contributed by atoms with E-state index in [-0.39, 0.29) is 0 Å². The molecule has 1 heterocycles. The molecule has 2 N–H and O–H groups in total. The summed E-state index contributed by atoms with van der Waals surface area (Å²) in [5.41, 5.74) is 7.82. The lowest BCUT2D eigenvalue weighted by Crippen LogP contribution is -2.44. The highest BCUT2D eigenvalue weighted by atomic mass is 16.6. The molecule has 18 heavy (non-hydrogen) atoms. The molecule has 1 aromatic rings. The van der Waals surface area contributed by atoms with Crippen molar-refractivity contribution < 1.29 is 4.63 Å². The largest absolute Gasteiger partial charge is 0.330 e. The Bertz CT molecular complexity index is 414. The maximum Gasteiger partial charge on any atom is 0.112 e. The summed E-state index contributed by atoms with van der Waals surface area (Å²) in [5, 5.41) is 8.31. The van der Waals surface area contributed by atoms with Crippen LogP contribution < -0.4 is 5.73 Å². The van der Waals surface area contributed by atoms with Crippen LogP contribution >= 0.6 is 0 Å². The summed E-state index contributed by atoms with van der Waals surface area (Å²) < 4.78 is 5.00. The summed E-state index contributed by atoms with van der Waals surface area (Å²) in [4.78, 5) is 0. The van der Waals surface area contributed by atoms with E-state index < -0.39 is 0 Å². The molecule has 0 amide bonds. The average molecular weight is 247 g/mol. The Labute approximate surface area is 107 Å². The summed E-state index contributed by atoms with van der Waals surface area (Å²) in [6.45, 7) is 0.633. The first kappa shape index (κ1) is 11.0. The zero-order valence-corrected chi connectivity index (χ0v) is 10.7. The van der Waals surface area contributed by atoms with Gasteiger partial charge < -0.3 is 5.73 Å². The second-order valence-corrected chi connectivity index (χ2v) is 6.59. The fraction of sp³-hybridized carbons (Fsp3) is 0.857. The van der Waals surface area contributed by atoms with Crippen molar-refractivity contribution in [2.75, 3.05) is 6.54 Å². The Morgan fingerprint density at radius 1 is 1.00 bits per heavy atom. The number of hydrogen-bond donors (Lipinski definition) is 1. The Balaban J connectivity index is 1.66. The van der Waals surface area contributed by atoms with Gasteiger partial charge in [0.1, 0.15) is 11.4 Å². The van der Waals surface area contributed by atoms with Gasteiger partial charge in [0.15, 0.2) is 0 Å². The minimum atomic E-state index is 0.616. The third-order valence-corrected chi connectivity index (χ3v) is 5.51. The van der Waals surface area contributed by atoms with Gasteiger partial charge >= 0.3 is 0 Å². The number of aromatic nitrogens is 2. The monoisotopic (exact) mass is 247 g/mol. The van der Waals surface area contributed by atoms with Crippen LogP contribution in [0.25, 0.3) is 0 Å². The molecule has 4 fully saturated rings. The number of rotatable bonds is 3. The van der Waals surface area contributed by atoms with E-state index in [0.29, 0.717) is 12.5 Å². The van der Waals surface area contributed by atoms with Crippen molar-refractivity contribution in [2.45, 2.75) is 44.4 Å². The lowest BCUT2D eigenvalue weighted by molar-refractivity contribution is -0.00534. The van der Waals surface area contributed by atoms with Crippen molar-refractivity contribution in [2.24, 2.45) is 29.4 Å². The van der Waals surface area contributed by atoms with E-state index in [4.69, 9.17) is 10.4 Å². The highest BCUT2D eigenvalue weighted by Gasteiger charge is 2.50. The Morgan fingerprint density at radius 2 is 1.67 bits per heavy atom. The van der Waals surface area contributed by atoms with Gasteiger partial charge in [-0.2, -0.15) is 0 Å². The van der Waals surface area contributed by atoms with E-state index in [2.05, 4.69) is 10.3 Å². The smallest absolute Gasteiger partial charge is 0.112 e. The second kappa shape index (κ2) is 4.05. The SMILES string of the molecule is NCCc1nonc1C1C2CC3CC(C2)CC1C3. The van der Waals surface area contributed by atoms with E-state index in [1.165, 1.54) is 32.1 Å². The molecule has 5 rings (SSSR count). The lowest BCUT2D eigenvalue weighted by Gasteiger charge is -2.53. The van der Waals surface area contributed by atoms with Gasteiger partial charge in [-0.25, -0.2) is 4.63 Å². The van der Waals surface area contributed by atoms with Crippen molar-refractivity contribution in [1.29, 1.82) is 0 Å². The minimum Gasteiger partial charge on any atom is -0.330 e. The fourth-order valence-corrected chi connectivity index (χ4v) is 5.15. The van der Waals surface area contributed by atoms with Crippen LogP contribution in [0.5, 0.6) is 0 Å². The standard InChI is InChI=1S/C14H21N3O/c15-2-1-12-14(17-18-16-12)13-10-4-8-3-9(6-10)7-11(13)5-8/h8-11,13H,1-7,15H2. The van der Waals surface area contributed by atoms with Crippen molar-refractivity contribution in [3.63, 3.8) is 0 Å². The Morgan fingerprint density at radius 3 is 2.28 bits per heavy atom. The van der Waals surface area contributed by atoms with Gasteiger partial charge in [-0.05, 0) is 62.3 Å². The van der Waals surface area contributed by atoms with Crippen molar-refractivity contribution in [1.82, 2.24) is 10.3 Å². The first-order chi connectivity index (χ1) is 8.85. The average Bonchev–Trinajstić information content (AvgIpc) is 2.76. The summed E-state index contributed by atoms with van der Waals surface area (Å²) >= 11 is 0. The van der Waals surface area contributed by atoms with E-state index in [1.807, 2.05) is 0 Å². The predicted octanol–water partition coefficient (Wildman–Crippen LogP) is 2.11. The van der Waals surface area contributed by atoms with Crippen LogP contribution in [0, 0.1) is 23.7 Å². The van der Waals surface area contributed by atoms with E-state index >= 15 is 0 Å². The molecule has 4 aliphatic rings. The molecular weight excluding hydrogens is 226 g/mol. The Hall–Kier alpha value is -0.900. The maximum absolute atomic E-state index is 5.65. The molecule has 1 aromatic heterocycles.